The van der Waals surface area contributed by atoms with Crippen molar-refractivity contribution in [3.05, 3.63) is 23.2 Å². The van der Waals surface area contributed by atoms with Gasteiger partial charge in [0.15, 0.2) is 5.58 Å². The van der Waals surface area contributed by atoms with Gasteiger partial charge in [0.05, 0.1) is 0 Å². The number of oxazole rings is 1. The maximum Gasteiger partial charge on any atom is 0.298 e. The second kappa shape index (κ2) is 4.08. The standard InChI is InChI=1S/C10H12ClN3O/c1-14(5-4-12)10-13-8-3-2-7(11)6-9(8)15-10/h2-3,6H,4-5,12H2,1H3. The maximum atomic E-state index is 5.85. The first kappa shape index (κ1) is 10.3. The Balaban J connectivity index is 2.38. The molecule has 0 bridgehead atoms. The first-order valence-corrected chi connectivity index (χ1v) is 5.06. The van der Waals surface area contributed by atoms with Crippen LogP contribution < -0.4 is 10.6 Å². The topological polar surface area (TPSA) is 55.3 Å². The van der Waals surface area contributed by atoms with Gasteiger partial charge in [-0.15, -0.1) is 0 Å². The number of hydrogen-bond donors (Lipinski definition) is 1. The molecule has 4 nitrogen and oxygen atoms in total. The molecule has 0 radical (unpaired) electrons. The van der Waals surface area contributed by atoms with Crippen LogP contribution in [-0.2, 0) is 0 Å². The van der Waals surface area contributed by atoms with Crippen LogP contribution in [0.25, 0.3) is 11.1 Å². The van der Waals surface area contributed by atoms with Crippen molar-refractivity contribution in [2.45, 2.75) is 0 Å². The van der Waals surface area contributed by atoms with E-state index in [1.165, 1.54) is 0 Å². The predicted molar refractivity (Wildman–Crippen MR) is 61.3 cm³/mol. The number of hydrogen-bond acceptors (Lipinski definition) is 4. The van der Waals surface area contributed by atoms with Crippen LogP contribution in [0.1, 0.15) is 0 Å². The normalized spacial score (nSPS) is 10.9. The lowest BCUT2D eigenvalue weighted by Gasteiger charge is -2.11. The molecule has 0 aliphatic carbocycles. The summed E-state index contributed by atoms with van der Waals surface area (Å²) in [6.45, 7) is 1.27. The fourth-order valence-corrected chi connectivity index (χ4v) is 1.50. The number of benzene rings is 1. The van der Waals surface area contributed by atoms with Crippen LogP contribution >= 0.6 is 11.6 Å². The van der Waals surface area contributed by atoms with Gasteiger partial charge in [-0.3, -0.25) is 0 Å². The molecule has 0 unspecified atom stereocenters. The van der Waals surface area contributed by atoms with E-state index in [1.807, 2.05) is 18.0 Å². The summed E-state index contributed by atoms with van der Waals surface area (Å²) in [6.07, 6.45) is 0. The number of nitrogens with zero attached hydrogens (tertiary/aromatic N) is 2. The molecule has 0 saturated heterocycles. The Morgan fingerprint density at radius 2 is 2.33 bits per heavy atom. The number of aromatic nitrogens is 1. The molecule has 15 heavy (non-hydrogen) atoms. The minimum atomic E-state index is 0.565. The average molecular weight is 226 g/mol. The van der Waals surface area contributed by atoms with E-state index in [4.69, 9.17) is 21.8 Å². The van der Waals surface area contributed by atoms with Crippen molar-refractivity contribution in [3.63, 3.8) is 0 Å². The highest BCUT2D eigenvalue weighted by Gasteiger charge is 2.09. The van der Waals surface area contributed by atoms with Crippen molar-refractivity contribution in [1.29, 1.82) is 0 Å². The molecule has 0 fully saturated rings. The Hall–Kier alpha value is -1.26. The average Bonchev–Trinajstić information content (AvgIpc) is 2.60. The molecule has 1 aromatic heterocycles. The molecule has 0 saturated carbocycles. The summed E-state index contributed by atoms with van der Waals surface area (Å²) in [5.74, 6) is 0. The number of fused-ring (bicyclic) bond motifs is 1. The Kier molecular flexibility index (Phi) is 2.79. The van der Waals surface area contributed by atoms with Crippen molar-refractivity contribution < 1.29 is 4.42 Å². The molecule has 5 heteroatoms. The van der Waals surface area contributed by atoms with Crippen molar-refractivity contribution in [2.24, 2.45) is 5.73 Å². The van der Waals surface area contributed by atoms with Crippen LogP contribution in [0.3, 0.4) is 0 Å². The number of rotatable bonds is 3. The summed E-state index contributed by atoms with van der Waals surface area (Å²) in [5, 5.41) is 0.645. The zero-order valence-corrected chi connectivity index (χ0v) is 9.16. The molecule has 0 atom stereocenters. The molecule has 1 aromatic carbocycles. The van der Waals surface area contributed by atoms with E-state index in [0.717, 1.165) is 5.52 Å². The summed E-state index contributed by atoms with van der Waals surface area (Å²) in [5.41, 5.74) is 6.95. The zero-order valence-electron chi connectivity index (χ0n) is 8.40. The third-order valence-corrected chi connectivity index (χ3v) is 2.37. The van der Waals surface area contributed by atoms with E-state index in [-0.39, 0.29) is 0 Å². The quantitative estimate of drug-likeness (QED) is 0.867. The molecule has 2 rings (SSSR count). The van der Waals surface area contributed by atoms with Crippen molar-refractivity contribution in [3.8, 4) is 0 Å². The zero-order chi connectivity index (χ0) is 10.8. The Morgan fingerprint density at radius 1 is 1.53 bits per heavy atom. The first-order chi connectivity index (χ1) is 7.20. The number of halogens is 1. The van der Waals surface area contributed by atoms with Gasteiger partial charge in [-0.1, -0.05) is 11.6 Å². The van der Waals surface area contributed by atoms with Gasteiger partial charge >= 0.3 is 0 Å². The highest BCUT2D eigenvalue weighted by Crippen LogP contribution is 2.23. The molecule has 1 heterocycles. The smallest absolute Gasteiger partial charge is 0.298 e. The van der Waals surface area contributed by atoms with Crippen LogP contribution in [-0.4, -0.2) is 25.1 Å². The lowest BCUT2D eigenvalue weighted by atomic mass is 10.3. The lowest BCUT2D eigenvalue weighted by Crippen LogP contribution is -2.25. The largest absolute Gasteiger partial charge is 0.423 e. The van der Waals surface area contributed by atoms with Crippen LogP contribution in [0.4, 0.5) is 6.01 Å². The van der Waals surface area contributed by atoms with Crippen LogP contribution in [0.2, 0.25) is 5.02 Å². The third kappa shape index (κ3) is 2.06. The number of likely N-dealkylation sites (N-methyl/N-ethyl adjacent to an activating group) is 1. The fourth-order valence-electron chi connectivity index (χ4n) is 1.34. The van der Waals surface area contributed by atoms with Crippen LogP contribution in [0, 0.1) is 0 Å². The minimum Gasteiger partial charge on any atom is -0.423 e. The summed E-state index contributed by atoms with van der Waals surface area (Å²) < 4.78 is 5.54. The lowest BCUT2D eigenvalue weighted by molar-refractivity contribution is 0.584. The molecule has 0 spiro atoms. The molecule has 0 aliphatic heterocycles. The Morgan fingerprint density at radius 3 is 3.07 bits per heavy atom. The van der Waals surface area contributed by atoms with Crippen molar-refractivity contribution in [1.82, 2.24) is 4.98 Å². The predicted octanol–water partition coefficient (Wildman–Crippen LogP) is 1.88. The van der Waals surface area contributed by atoms with Gasteiger partial charge in [0, 0.05) is 31.2 Å². The monoisotopic (exact) mass is 225 g/mol. The van der Waals surface area contributed by atoms with E-state index in [0.29, 0.717) is 29.7 Å². The van der Waals surface area contributed by atoms with Gasteiger partial charge in [-0.2, -0.15) is 4.98 Å². The fraction of sp³-hybridized carbons (Fsp3) is 0.300. The second-order valence-corrected chi connectivity index (χ2v) is 3.76. The number of nitrogens with two attached hydrogens (primary N) is 1. The highest BCUT2D eigenvalue weighted by atomic mass is 35.5. The van der Waals surface area contributed by atoms with Crippen molar-refractivity contribution in [2.75, 3.05) is 25.0 Å². The van der Waals surface area contributed by atoms with Crippen LogP contribution in [0.5, 0.6) is 0 Å². The van der Waals surface area contributed by atoms with Crippen LogP contribution in [0.15, 0.2) is 22.6 Å². The van der Waals surface area contributed by atoms with E-state index < -0.39 is 0 Å². The first-order valence-electron chi connectivity index (χ1n) is 4.68. The van der Waals surface area contributed by atoms with E-state index in [9.17, 15) is 0 Å². The summed E-state index contributed by atoms with van der Waals surface area (Å²) in [6, 6.07) is 5.95. The van der Waals surface area contributed by atoms with Crippen molar-refractivity contribution >= 4 is 28.7 Å². The molecule has 80 valence electrons. The Labute approximate surface area is 92.6 Å². The molecule has 2 aromatic rings. The molecular formula is C10H12ClN3O. The minimum absolute atomic E-state index is 0.565. The summed E-state index contributed by atoms with van der Waals surface area (Å²) in [7, 11) is 1.89. The van der Waals surface area contributed by atoms with E-state index in [2.05, 4.69) is 4.98 Å². The molecule has 0 aliphatic rings. The summed E-state index contributed by atoms with van der Waals surface area (Å²) >= 11 is 5.85. The van der Waals surface area contributed by atoms with Gasteiger partial charge in [0.1, 0.15) is 5.52 Å². The Bertz CT molecular complexity index is 469. The highest BCUT2D eigenvalue weighted by molar-refractivity contribution is 6.31. The van der Waals surface area contributed by atoms with E-state index >= 15 is 0 Å². The number of anilines is 1. The maximum absolute atomic E-state index is 5.85. The summed E-state index contributed by atoms with van der Waals surface area (Å²) in [4.78, 5) is 6.19. The molecule has 0 amide bonds. The van der Waals surface area contributed by atoms with Gasteiger partial charge in [0.2, 0.25) is 0 Å². The van der Waals surface area contributed by atoms with Gasteiger partial charge in [-0.25, -0.2) is 0 Å². The van der Waals surface area contributed by atoms with Gasteiger partial charge < -0.3 is 15.1 Å². The van der Waals surface area contributed by atoms with Gasteiger partial charge in [0.25, 0.3) is 6.01 Å². The van der Waals surface area contributed by atoms with Gasteiger partial charge in [-0.05, 0) is 12.1 Å². The SMILES string of the molecule is CN(CCN)c1nc2ccc(Cl)cc2o1. The third-order valence-electron chi connectivity index (χ3n) is 2.13. The molecule has 2 N–H and O–H groups in total. The molecular weight excluding hydrogens is 214 g/mol. The second-order valence-electron chi connectivity index (χ2n) is 3.32. The van der Waals surface area contributed by atoms with E-state index in [1.54, 1.807) is 12.1 Å².